The number of rotatable bonds is 3. The molecule has 0 radical (unpaired) electrons. The first-order valence-electron chi connectivity index (χ1n) is 3.76. The number of Topliss-reactive ketones (excluding diaryl/α,β-unsaturated/α-hetero) is 1. The number of hydrogen-bond donors (Lipinski definition) is 3. The Morgan fingerprint density at radius 2 is 1.64 bits per heavy atom. The molecule has 0 aromatic heterocycles. The maximum atomic E-state index is 10.8. The van der Waals surface area contributed by atoms with Gasteiger partial charge < -0.3 is 15.3 Å². The van der Waals surface area contributed by atoms with Gasteiger partial charge in [0.1, 0.15) is 11.9 Å². The van der Waals surface area contributed by atoms with E-state index < -0.39 is 17.9 Å². The van der Waals surface area contributed by atoms with Crippen LogP contribution in [0.15, 0.2) is 24.3 Å². The zero-order valence-corrected chi connectivity index (χ0v) is 7.04. The summed E-state index contributed by atoms with van der Waals surface area (Å²) in [7, 11) is 0. The van der Waals surface area contributed by atoms with E-state index >= 15 is 0 Å². The maximum absolute atomic E-state index is 10.8. The fourth-order valence-corrected chi connectivity index (χ4v) is 0.925. The van der Waals surface area contributed by atoms with Gasteiger partial charge in [0.25, 0.3) is 5.78 Å². The highest BCUT2D eigenvalue weighted by molar-refractivity contribution is 6.34. The first kappa shape index (κ1) is 10.2. The van der Waals surface area contributed by atoms with Crippen molar-refractivity contribution in [3.8, 4) is 5.75 Å². The van der Waals surface area contributed by atoms with E-state index in [9.17, 15) is 14.7 Å². The molecule has 0 aliphatic heterocycles. The molecule has 0 aliphatic carbocycles. The van der Waals surface area contributed by atoms with Crippen LogP contribution in [0.25, 0.3) is 0 Å². The topological polar surface area (TPSA) is 94.8 Å². The summed E-state index contributed by atoms with van der Waals surface area (Å²) < 4.78 is 0. The highest BCUT2D eigenvalue weighted by atomic mass is 16.4. The SMILES string of the molecule is O=C(O)C(=O)C(O)c1ccc(O)cc1. The van der Waals surface area contributed by atoms with Gasteiger partial charge in [-0.2, -0.15) is 0 Å². The Labute approximate surface area is 79.2 Å². The van der Waals surface area contributed by atoms with Crippen molar-refractivity contribution in [3.05, 3.63) is 29.8 Å². The highest BCUT2D eigenvalue weighted by Crippen LogP contribution is 2.17. The monoisotopic (exact) mass is 196 g/mol. The number of carboxylic acids is 1. The Balaban J connectivity index is 2.89. The second-order valence-corrected chi connectivity index (χ2v) is 2.66. The number of phenols is 1. The number of carboxylic acid groups (broad SMARTS) is 1. The molecule has 74 valence electrons. The average molecular weight is 196 g/mol. The standard InChI is InChI=1S/C9H8O5/c10-6-3-1-5(2-4-6)7(11)8(12)9(13)14/h1-4,7,10-11H,(H,13,14). The summed E-state index contributed by atoms with van der Waals surface area (Å²) in [5.41, 5.74) is 0.134. The van der Waals surface area contributed by atoms with Crippen LogP contribution in [-0.2, 0) is 9.59 Å². The fraction of sp³-hybridized carbons (Fsp3) is 0.111. The van der Waals surface area contributed by atoms with Gasteiger partial charge in [-0.3, -0.25) is 4.79 Å². The van der Waals surface area contributed by atoms with Crippen LogP contribution >= 0.6 is 0 Å². The molecule has 0 bridgehead atoms. The number of carbonyl (C=O) groups excluding carboxylic acids is 1. The molecule has 0 aliphatic rings. The van der Waals surface area contributed by atoms with Gasteiger partial charge in [0.2, 0.25) is 0 Å². The minimum atomic E-state index is -1.69. The number of aliphatic carboxylic acids is 1. The average Bonchev–Trinajstić information content (AvgIpc) is 2.16. The smallest absolute Gasteiger partial charge is 0.375 e. The van der Waals surface area contributed by atoms with E-state index in [-0.39, 0.29) is 11.3 Å². The van der Waals surface area contributed by atoms with E-state index in [4.69, 9.17) is 10.2 Å². The molecule has 14 heavy (non-hydrogen) atoms. The van der Waals surface area contributed by atoms with Gasteiger partial charge in [-0.1, -0.05) is 12.1 Å². The Morgan fingerprint density at radius 1 is 1.14 bits per heavy atom. The highest BCUT2D eigenvalue weighted by Gasteiger charge is 2.23. The van der Waals surface area contributed by atoms with Crippen molar-refractivity contribution in [3.63, 3.8) is 0 Å². The zero-order chi connectivity index (χ0) is 10.7. The number of hydrogen-bond acceptors (Lipinski definition) is 4. The number of carbonyl (C=O) groups is 2. The Hall–Kier alpha value is -1.88. The van der Waals surface area contributed by atoms with Crippen molar-refractivity contribution < 1.29 is 24.9 Å². The quantitative estimate of drug-likeness (QED) is 0.595. The molecule has 1 rings (SSSR count). The van der Waals surface area contributed by atoms with Crippen LogP contribution in [0, 0.1) is 0 Å². The van der Waals surface area contributed by atoms with Crippen molar-refractivity contribution in [2.24, 2.45) is 0 Å². The van der Waals surface area contributed by atoms with Crippen molar-refractivity contribution in [2.45, 2.75) is 6.10 Å². The van der Waals surface area contributed by atoms with E-state index in [1.807, 2.05) is 0 Å². The second kappa shape index (κ2) is 3.89. The van der Waals surface area contributed by atoms with Gasteiger partial charge in [-0.15, -0.1) is 0 Å². The lowest BCUT2D eigenvalue weighted by molar-refractivity contribution is -0.153. The number of phenolic OH excluding ortho intramolecular Hbond substituents is 1. The molecule has 0 heterocycles. The predicted molar refractivity (Wildman–Crippen MR) is 45.7 cm³/mol. The molecule has 0 fully saturated rings. The molecule has 0 spiro atoms. The number of aliphatic hydroxyl groups is 1. The van der Waals surface area contributed by atoms with Gasteiger partial charge >= 0.3 is 5.97 Å². The number of ketones is 1. The minimum Gasteiger partial charge on any atom is -0.508 e. The Morgan fingerprint density at radius 3 is 2.07 bits per heavy atom. The maximum Gasteiger partial charge on any atom is 0.375 e. The molecule has 5 heteroatoms. The lowest BCUT2D eigenvalue weighted by Gasteiger charge is -2.06. The van der Waals surface area contributed by atoms with Crippen LogP contribution in [-0.4, -0.2) is 27.1 Å². The van der Waals surface area contributed by atoms with Crippen LogP contribution in [0.2, 0.25) is 0 Å². The summed E-state index contributed by atoms with van der Waals surface area (Å²) in [6.45, 7) is 0. The van der Waals surface area contributed by atoms with Gasteiger partial charge in [0.15, 0.2) is 0 Å². The summed E-state index contributed by atoms with van der Waals surface area (Å²) in [6.07, 6.45) is -1.69. The third-order valence-corrected chi connectivity index (χ3v) is 1.67. The summed E-state index contributed by atoms with van der Waals surface area (Å²) >= 11 is 0. The summed E-state index contributed by atoms with van der Waals surface area (Å²) in [6, 6.07) is 5.07. The van der Waals surface area contributed by atoms with E-state index in [1.54, 1.807) is 0 Å². The molecular weight excluding hydrogens is 188 g/mol. The molecule has 1 aromatic carbocycles. The minimum absolute atomic E-state index is 0.0243. The first-order chi connectivity index (χ1) is 6.52. The number of benzene rings is 1. The fourth-order valence-electron chi connectivity index (χ4n) is 0.925. The Kier molecular flexibility index (Phi) is 2.83. The first-order valence-corrected chi connectivity index (χ1v) is 3.76. The van der Waals surface area contributed by atoms with Gasteiger partial charge in [-0.05, 0) is 17.7 Å². The molecule has 0 saturated heterocycles. The van der Waals surface area contributed by atoms with Gasteiger partial charge in [-0.25, -0.2) is 4.79 Å². The van der Waals surface area contributed by atoms with Gasteiger partial charge in [0, 0.05) is 0 Å². The molecule has 5 nitrogen and oxygen atoms in total. The molecule has 0 amide bonds. The molecule has 1 atom stereocenters. The number of aliphatic hydroxyl groups excluding tert-OH is 1. The third kappa shape index (κ3) is 2.08. The third-order valence-electron chi connectivity index (χ3n) is 1.67. The predicted octanol–water partition coefficient (Wildman–Crippen LogP) is 0.0793. The van der Waals surface area contributed by atoms with Crippen LogP contribution < -0.4 is 0 Å². The Bertz CT molecular complexity index is 354. The van der Waals surface area contributed by atoms with Crippen molar-refractivity contribution in [2.75, 3.05) is 0 Å². The van der Waals surface area contributed by atoms with Crippen LogP contribution in [0.4, 0.5) is 0 Å². The van der Waals surface area contributed by atoms with E-state index in [2.05, 4.69) is 0 Å². The summed E-state index contributed by atoms with van der Waals surface area (Å²) in [5, 5.41) is 26.5. The molecule has 1 unspecified atom stereocenters. The lowest BCUT2D eigenvalue weighted by Crippen LogP contribution is -2.21. The number of aromatic hydroxyl groups is 1. The normalized spacial score (nSPS) is 12.1. The molecule has 1 aromatic rings. The van der Waals surface area contributed by atoms with Crippen LogP contribution in [0.3, 0.4) is 0 Å². The second-order valence-electron chi connectivity index (χ2n) is 2.66. The van der Waals surface area contributed by atoms with Gasteiger partial charge in [0.05, 0.1) is 0 Å². The summed E-state index contributed by atoms with van der Waals surface area (Å²) in [5.74, 6) is -3.01. The van der Waals surface area contributed by atoms with E-state index in [1.165, 1.54) is 24.3 Å². The van der Waals surface area contributed by atoms with Crippen molar-refractivity contribution in [1.82, 2.24) is 0 Å². The molecular formula is C9H8O5. The lowest BCUT2D eigenvalue weighted by atomic mass is 10.1. The molecule has 3 N–H and O–H groups in total. The van der Waals surface area contributed by atoms with Crippen LogP contribution in [0.1, 0.15) is 11.7 Å². The van der Waals surface area contributed by atoms with E-state index in [0.29, 0.717) is 0 Å². The van der Waals surface area contributed by atoms with Crippen molar-refractivity contribution >= 4 is 11.8 Å². The molecule has 0 saturated carbocycles. The van der Waals surface area contributed by atoms with E-state index in [0.717, 1.165) is 0 Å². The summed E-state index contributed by atoms with van der Waals surface area (Å²) in [4.78, 5) is 21.0. The largest absolute Gasteiger partial charge is 0.508 e. The van der Waals surface area contributed by atoms with Crippen molar-refractivity contribution in [1.29, 1.82) is 0 Å². The zero-order valence-electron chi connectivity index (χ0n) is 7.04. The van der Waals surface area contributed by atoms with Crippen LogP contribution in [0.5, 0.6) is 5.75 Å².